The third kappa shape index (κ3) is 3.45. The highest BCUT2D eigenvalue weighted by molar-refractivity contribution is 5.84. The second-order valence-electron chi connectivity index (χ2n) is 9.04. The van der Waals surface area contributed by atoms with Gasteiger partial charge >= 0.3 is 0 Å². The van der Waals surface area contributed by atoms with Crippen LogP contribution in [0, 0.1) is 5.41 Å². The molecule has 1 aliphatic rings. The topological polar surface area (TPSA) is 12.9 Å². The van der Waals surface area contributed by atoms with E-state index in [2.05, 4.69) is 77.8 Å². The number of benzene rings is 3. The number of hydrogen-bond acceptors (Lipinski definition) is 1. The molecular formula is C29H27N. The average Bonchev–Trinajstić information content (AvgIpc) is 3.13. The minimum atomic E-state index is -1.45. The van der Waals surface area contributed by atoms with Gasteiger partial charge in [0.1, 0.15) is 0 Å². The summed E-state index contributed by atoms with van der Waals surface area (Å²) in [6, 6.07) is 29.5. The molecule has 0 bridgehead atoms. The van der Waals surface area contributed by atoms with Crippen LogP contribution in [0.5, 0.6) is 0 Å². The monoisotopic (exact) mass is 391 g/mol. The second-order valence-corrected chi connectivity index (χ2v) is 9.04. The van der Waals surface area contributed by atoms with Crippen LogP contribution >= 0.6 is 0 Å². The molecule has 30 heavy (non-hydrogen) atoms. The van der Waals surface area contributed by atoms with Gasteiger partial charge in [-0.15, -0.1) is 0 Å². The van der Waals surface area contributed by atoms with Crippen molar-refractivity contribution in [3.8, 4) is 22.4 Å². The molecule has 1 nitrogen and oxygen atoms in total. The molecule has 1 heterocycles. The fraction of sp³-hybridized carbons (Fsp3) is 0.207. The smallest absolute Gasteiger partial charge is 0.0704 e. The molecule has 0 fully saturated rings. The van der Waals surface area contributed by atoms with Gasteiger partial charge in [-0.05, 0) is 63.4 Å². The van der Waals surface area contributed by atoms with Crippen LogP contribution in [0.15, 0.2) is 91.1 Å². The molecule has 0 saturated heterocycles. The Balaban J connectivity index is 1.63. The highest BCUT2D eigenvalue weighted by Crippen LogP contribution is 2.48. The highest BCUT2D eigenvalue weighted by atomic mass is 14.7. The van der Waals surface area contributed by atoms with E-state index in [1.54, 1.807) is 12.3 Å². The maximum absolute atomic E-state index is 8.66. The number of rotatable bonds is 3. The van der Waals surface area contributed by atoms with Gasteiger partial charge in [-0.1, -0.05) is 87.5 Å². The summed E-state index contributed by atoms with van der Waals surface area (Å²) in [5.74, 6) is 0.228. The van der Waals surface area contributed by atoms with Crippen LogP contribution in [-0.2, 0) is 6.37 Å². The standard InChI is InChI=1S/C29H27N/c1-29(2,3)19-20-15-16-30-27(17-20)22-13-14-25-26(18-22)23-11-7-8-12-24(23)28(25)21-9-5-4-6-10-21/h4-18,28H,19H2,1-3H3/i19D2. The number of hydrogen-bond donors (Lipinski definition) is 0. The SMILES string of the molecule is [2H]C([2H])(c1ccnc(-c2ccc3c(c2)-c2ccccc2C3c2ccccc2)c1)C(C)(C)C. The molecule has 1 aliphatic carbocycles. The Morgan fingerprint density at radius 2 is 1.53 bits per heavy atom. The van der Waals surface area contributed by atoms with Gasteiger partial charge in [-0.3, -0.25) is 4.98 Å². The first-order chi connectivity index (χ1) is 15.3. The van der Waals surface area contributed by atoms with Gasteiger partial charge in [-0.25, -0.2) is 0 Å². The van der Waals surface area contributed by atoms with E-state index in [1.165, 1.54) is 27.8 Å². The van der Waals surface area contributed by atoms with Crippen LogP contribution in [0.25, 0.3) is 22.4 Å². The van der Waals surface area contributed by atoms with Gasteiger partial charge in [0, 0.05) is 20.4 Å². The summed E-state index contributed by atoms with van der Waals surface area (Å²) in [6.07, 6.45) is 0.272. The van der Waals surface area contributed by atoms with E-state index in [0.29, 0.717) is 5.56 Å². The van der Waals surface area contributed by atoms with Crippen molar-refractivity contribution in [1.82, 2.24) is 4.98 Å². The minimum absolute atomic E-state index is 0.228. The van der Waals surface area contributed by atoms with Crippen LogP contribution in [-0.4, -0.2) is 4.98 Å². The number of aromatic nitrogens is 1. The third-order valence-corrected chi connectivity index (χ3v) is 5.63. The number of pyridine rings is 1. The molecule has 0 saturated carbocycles. The van der Waals surface area contributed by atoms with E-state index in [4.69, 9.17) is 2.74 Å². The fourth-order valence-electron chi connectivity index (χ4n) is 4.47. The van der Waals surface area contributed by atoms with E-state index in [-0.39, 0.29) is 5.92 Å². The van der Waals surface area contributed by atoms with Gasteiger partial charge < -0.3 is 0 Å². The van der Waals surface area contributed by atoms with Crippen molar-refractivity contribution < 1.29 is 2.74 Å². The second kappa shape index (κ2) is 7.25. The van der Waals surface area contributed by atoms with Gasteiger partial charge in [-0.2, -0.15) is 0 Å². The zero-order valence-electron chi connectivity index (χ0n) is 19.7. The molecule has 1 atom stereocenters. The van der Waals surface area contributed by atoms with Crippen molar-refractivity contribution in [3.63, 3.8) is 0 Å². The van der Waals surface area contributed by atoms with E-state index >= 15 is 0 Å². The summed E-state index contributed by atoms with van der Waals surface area (Å²) >= 11 is 0. The number of nitrogens with zero attached hydrogens (tertiary/aromatic N) is 1. The fourth-order valence-corrected chi connectivity index (χ4v) is 4.47. The zero-order valence-corrected chi connectivity index (χ0v) is 17.7. The minimum Gasteiger partial charge on any atom is -0.256 e. The van der Waals surface area contributed by atoms with E-state index in [9.17, 15) is 0 Å². The molecule has 1 unspecified atom stereocenters. The first-order valence-corrected chi connectivity index (χ1v) is 10.5. The normalized spacial score (nSPS) is 16.4. The summed E-state index contributed by atoms with van der Waals surface area (Å²) in [7, 11) is 0. The van der Waals surface area contributed by atoms with Crippen molar-refractivity contribution in [3.05, 3.63) is 113 Å². The van der Waals surface area contributed by atoms with Crippen molar-refractivity contribution in [2.45, 2.75) is 33.1 Å². The van der Waals surface area contributed by atoms with Crippen molar-refractivity contribution >= 4 is 0 Å². The first kappa shape index (κ1) is 16.6. The Kier molecular flexibility index (Phi) is 4.01. The lowest BCUT2D eigenvalue weighted by Gasteiger charge is -2.18. The Bertz CT molecular complexity index is 1290. The van der Waals surface area contributed by atoms with Crippen LogP contribution in [0.3, 0.4) is 0 Å². The van der Waals surface area contributed by atoms with Crippen molar-refractivity contribution in [1.29, 1.82) is 0 Å². The lowest BCUT2D eigenvalue weighted by Crippen LogP contribution is -2.09. The average molecular weight is 392 g/mol. The predicted octanol–water partition coefficient (Wildman–Crippen LogP) is 7.50. The molecule has 148 valence electrons. The molecule has 1 heteroatoms. The molecular weight excluding hydrogens is 362 g/mol. The van der Waals surface area contributed by atoms with Crippen LogP contribution < -0.4 is 0 Å². The summed E-state index contributed by atoms with van der Waals surface area (Å²) in [4.78, 5) is 4.60. The summed E-state index contributed by atoms with van der Waals surface area (Å²) < 4.78 is 17.3. The highest BCUT2D eigenvalue weighted by Gasteiger charge is 2.29. The molecule has 0 spiro atoms. The van der Waals surface area contributed by atoms with Crippen LogP contribution in [0.1, 0.15) is 51.7 Å². The maximum atomic E-state index is 8.66. The van der Waals surface area contributed by atoms with Crippen LogP contribution in [0.2, 0.25) is 0 Å². The molecule has 3 aromatic carbocycles. The first-order valence-electron chi connectivity index (χ1n) is 11.5. The Hall–Kier alpha value is -3.19. The number of fused-ring (bicyclic) bond motifs is 3. The maximum Gasteiger partial charge on any atom is 0.0704 e. The molecule has 1 aromatic heterocycles. The summed E-state index contributed by atoms with van der Waals surface area (Å²) in [6.45, 7) is 5.80. The van der Waals surface area contributed by atoms with E-state index in [0.717, 1.165) is 11.3 Å². The summed E-state index contributed by atoms with van der Waals surface area (Å²) in [5.41, 5.74) is 8.41. The van der Waals surface area contributed by atoms with Crippen molar-refractivity contribution in [2.75, 3.05) is 0 Å². The Labute approximate surface area is 182 Å². The van der Waals surface area contributed by atoms with Crippen LogP contribution in [0.4, 0.5) is 0 Å². The molecule has 4 aromatic rings. The van der Waals surface area contributed by atoms with Gasteiger partial charge in [0.15, 0.2) is 0 Å². The summed E-state index contributed by atoms with van der Waals surface area (Å²) in [5, 5.41) is 0. The quantitative estimate of drug-likeness (QED) is 0.310. The largest absolute Gasteiger partial charge is 0.256 e. The van der Waals surface area contributed by atoms with Gasteiger partial charge in [0.2, 0.25) is 0 Å². The third-order valence-electron chi connectivity index (χ3n) is 5.63. The molecule has 5 rings (SSSR count). The Morgan fingerprint density at radius 3 is 2.33 bits per heavy atom. The van der Waals surface area contributed by atoms with E-state index < -0.39 is 11.8 Å². The zero-order chi connectivity index (χ0) is 22.5. The molecule has 0 amide bonds. The van der Waals surface area contributed by atoms with Gasteiger partial charge in [0.05, 0.1) is 5.69 Å². The lowest BCUT2D eigenvalue weighted by molar-refractivity contribution is 0.411. The molecule has 0 aliphatic heterocycles. The Morgan fingerprint density at radius 1 is 0.800 bits per heavy atom. The molecule has 0 radical (unpaired) electrons. The van der Waals surface area contributed by atoms with Crippen molar-refractivity contribution in [2.24, 2.45) is 5.41 Å². The van der Waals surface area contributed by atoms with E-state index in [1.807, 2.05) is 26.8 Å². The predicted molar refractivity (Wildman–Crippen MR) is 126 cm³/mol. The van der Waals surface area contributed by atoms with Gasteiger partial charge in [0.25, 0.3) is 0 Å². The lowest BCUT2D eigenvalue weighted by atomic mass is 9.87. The molecule has 0 N–H and O–H groups in total.